The van der Waals surface area contributed by atoms with Gasteiger partial charge in [-0.1, -0.05) is 49.2 Å². The summed E-state index contributed by atoms with van der Waals surface area (Å²) in [6, 6.07) is 16.8. The standard InChI is InChI=1S/C26H31ClN4O3/c1-2-3-14-28-23(32)18-30-19-31(22-10-5-4-6-11-22)26(25(30)34)12-15-29(16-13-26)24(33)20-8-7-9-21(27)17-20/h4-11,17H,2-3,12-16,18-19H2,1H3,(H,28,32). The Morgan fingerprint density at radius 3 is 2.47 bits per heavy atom. The number of carbonyl (C=O) groups excluding carboxylic acids is 3. The molecule has 7 nitrogen and oxygen atoms in total. The van der Waals surface area contributed by atoms with Gasteiger partial charge in [0.1, 0.15) is 12.1 Å². The molecule has 2 fully saturated rings. The molecule has 2 aliphatic rings. The molecule has 0 aromatic heterocycles. The molecule has 1 spiro atoms. The molecule has 2 heterocycles. The average Bonchev–Trinajstić information content (AvgIpc) is 3.11. The van der Waals surface area contributed by atoms with E-state index in [0.717, 1.165) is 18.5 Å². The molecule has 0 unspecified atom stereocenters. The highest BCUT2D eigenvalue weighted by atomic mass is 35.5. The Labute approximate surface area is 205 Å². The molecule has 0 aliphatic carbocycles. The summed E-state index contributed by atoms with van der Waals surface area (Å²) in [5, 5.41) is 3.43. The molecule has 0 bridgehead atoms. The number of piperidine rings is 1. The third kappa shape index (κ3) is 4.89. The monoisotopic (exact) mass is 482 g/mol. The SMILES string of the molecule is CCCCNC(=O)CN1CN(c2ccccc2)C2(CCN(C(=O)c3cccc(Cl)c3)CC2)C1=O. The van der Waals surface area contributed by atoms with E-state index in [9.17, 15) is 14.4 Å². The van der Waals surface area contributed by atoms with Crippen LogP contribution >= 0.6 is 11.6 Å². The summed E-state index contributed by atoms with van der Waals surface area (Å²) in [6.07, 6.45) is 2.91. The van der Waals surface area contributed by atoms with Crippen LogP contribution in [0.5, 0.6) is 0 Å². The second kappa shape index (κ2) is 10.5. The van der Waals surface area contributed by atoms with Gasteiger partial charge in [-0.05, 0) is 49.6 Å². The van der Waals surface area contributed by atoms with Gasteiger partial charge in [-0.15, -0.1) is 0 Å². The summed E-state index contributed by atoms with van der Waals surface area (Å²) in [5.74, 6) is -0.265. The number of anilines is 1. The van der Waals surface area contributed by atoms with E-state index in [4.69, 9.17) is 11.6 Å². The number of rotatable bonds is 7. The van der Waals surface area contributed by atoms with E-state index in [-0.39, 0.29) is 24.3 Å². The molecular formula is C26H31ClN4O3. The maximum Gasteiger partial charge on any atom is 0.253 e. The summed E-state index contributed by atoms with van der Waals surface area (Å²) in [5.41, 5.74) is 0.724. The summed E-state index contributed by atoms with van der Waals surface area (Å²) in [6.45, 7) is 3.99. The van der Waals surface area contributed by atoms with Crippen LogP contribution in [0.15, 0.2) is 54.6 Å². The fourth-order valence-electron chi connectivity index (χ4n) is 4.84. The van der Waals surface area contributed by atoms with Gasteiger partial charge in [0.15, 0.2) is 0 Å². The molecule has 34 heavy (non-hydrogen) atoms. The number of likely N-dealkylation sites (tertiary alicyclic amines) is 1. The highest BCUT2D eigenvalue weighted by Crippen LogP contribution is 2.39. The summed E-state index contributed by atoms with van der Waals surface area (Å²) < 4.78 is 0. The Balaban J connectivity index is 1.51. The fourth-order valence-corrected chi connectivity index (χ4v) is 5.03. The first-order valence-corrected chi connectivity index (χ1v) is 12.3. The third-order valence-corrected chi connectivity index (χ3v) is 6.95. The normalized spacial score (nSPS) is 17.4. The molecular weight excluding hydrogens is 452 g/mol. The Morgan fingerprint density at radius 2 is 1.79 bits per heavy atom. The van der Waals surface area contributed by atoms with Crippen molar-refractivity contribution in [2.45, 2.75) is 38.1 Å². The quantitative estimate of drug-likeness (QED) is 0.613. The minimum atomic E-state index is -0.768. The van der Waals surface area contributed by atoms with Gasteiger partial charge in [-0.3, -0.25) is 14.4 Å². The Bertz CT molecular complexity index is 1040. The highest BCUT2D eigenvalue weighted by Gasteiger charge is 2.54. The fraction of sp³-hybridized carbons (Fsp3) is 0.423. The van der Waals surface area contributed by atoms with Crippen LogP contribution in [0.3, 0.4) is 0 Å². The molecule has 0 saturated carbocycles. The lowest BCUT2D eigenvalue weighted by Gasteiger charge is -2.43. The van der Waals surface area contributed by atoms with Crippen molar-refractivity contribution in [2.75, 3.05) is 37.7 Å². The Kier molecular flexibility index (Phi) is 7.41. The lowest BCUT2D eigenvalue weighted by Crippen LogP contribution is -2.57. The van der Waals surface area contributed by atoms with Gasteiger partial charge in [0.05, 0.1) is 6.67 Å². The maximum atomic E-state index is 13.7. The number of amides is 3. The van der Waals surface area contributed by atoms with Gasteiger partial charge in [0.25, 0.3) is 11.8 Å². The van der Waals surface area contributed by atoms with E-state index in [2.05, 4.69) is 17.1 Å². The molecule has 2 aliphatic heterocycles. The van der Waals surface area contributed by atoms with Gasteiger partial charge in [-0.25, -0.2) is 0 Å². The highest BCUT2D eigenvalue weighted by molar-refractivity contribution is 6.30. The van der Waals surface area contributed by atoms with Crippen molar-refractivity contribution < 1.29 is 14.4 Å². The largest absolute Gasteiger partial charge is 0.355 e. The number of benzene rings is 2. The van der Waals surface area contributed by atoms with Crippen LogP contribution in [-0.4, -0.2) is 65.9 Å². The lowest BCUT2D eigenvalue weighted by molar-refractivity contribution is -0.137. The topological polar surface area (TPSA) is 73.0 Å². The van der Waals surface area contributed by atoms with Crippen molar-refractivity contribution in [3.8, 4) is 0 Å². The van der Waals surface area contributed by atoms with Crippen LogP contribution in [0.4, 0.5) is 5.69 Å². The van der Waals surface area contributed by atoms with Crippen LogP contribution in [0.1, 0.15) is 43.0 Å². The van der Waals surface area contributed by atoms with Gasteiger partial charge in [0.2, 0.25) is 5.91 Å². The van der Waals surface area contributed by atoms with Crippen LogP contribution in [-0.2, 0) is 9.59 Å². The van der Waals surface area contributed by atoms with Gasteiger partial charge in [-0.2, -0.15) is 0 Å². The number of hydrogen-bond acceptors (Lipinski definition) is 4. The molecule has 180 valence electrons. The van der Waals surface area contributed by atoms with E-state index in [1.165, 1.54) is 0 Å². The van der Waals surface area contributed by atoms with Crippen molar-refractivity contribution in [3.05, 3.63) is 65.2 Å². The van der Waals surface area contributed by atoms with Crippen LogP contribution in [0, 0.1) is 0 Å². The number of unbranched alkanes of at least 4 members (excludes halogenated alkanes) is 1. The Hall–Kier alpha value is -3.06. The zero-order valence-electron chi connectivity index (χ0n) is 19.5. The van der Waals surface area contributed by atoms with E-state index in [1.807, 2.05) is 30.3 Å². The first kappa shape index (κ1) is 24.1. The van der Waals surface area contributed by atoms with E-state index in [0.29, 0.717) is 49.7 Å². The molecule has 1 N–H and O–H groups in total. The average molecular weight is 483 g/mol. The van der Waals surface area contributed by atoms with Crippen molar-refractivity contribution in [1.29, 1.82) is 0 Å². The van der Waals surface area contributed by atoms with E-state index < -0.39 is 5.54 Å². The number of halogens is 1. The van der Waals surface area contributed by atoms with E-state index >= 15 is 0 Å². The third-order valence-electron chi connectivity index (χ3n) is 6.72. The first-order chi connectivity index (χ1) is 16.4. The van der Waals surface area contributed by atoms with Crippen molar-refractivity contribution in [2.24, 2.45) is 0 Å². The molecule has 8 heteroatoms. The minimum Gasteiger partial charge on any atom is -0.355 e. The van der Waals surface area contributed by atoms with E-state index in [1.54, 1.807) is 34.1 Å². The second-order valence-electron chi connectivity index (χ2n) is 8.95. The number of nitrogens with zero attached hydrogens (tertiary/aromatic N) is 3. The zero-order valence-corrected chi connectivity index (χ0v) is 20.3. The second-order valence-corrected chi connectivity index (χ2v) is 9.38. The number of carbonyl (C=O) groups is 3. The molecule has 2 aromatic carbocycles. The van der Waals surface area contributed by atoms with Crippen LogP contribution < -0.4 is 10.2 Å². The maximum absolute atomic E-state index is 13.7. The van der Waals surface area contributed by atoms with Gasteiger partial charge < -0.3 is 20.0 Å². The predicted molar refractivity (Wildman–Crippen MR) is 133 cm³/mol. The predicted octanol–water partition coefficient (Wildman–Crippen LogP) is 3.54. The molecule has 0 radical (unpaired) electrons. The number of para-hydroxylation sites is 1. The number of hydrogen-bond donors (Lipinski definition) is 1. The minimum absolute atomic E-state index is 0.0405. The van der Waals surface area contributed by atoms with Gasteiger partial charge >= 0.3 is 0 Å². The smallest absolute Gasteiger partial charge is 0.253 e. The first-order valence-electron chi connectivity index (χ1n) is 11.9. The lowest BCUT2D eigenvalue weighted by atomic mass is 9.85. The number of nitrogens with one attached hydrogen (secondary N) is 1. The van der Waals surface area contributed by atoms with Gasteiger partial charge in [0, 0.05) is 35.9 Å². The van der Waals surface area contributed by atoms with Crippen LogP contribution in [0.2, 0.25) is 5.02 Å². The molecule has 4 rings (SSSR count). The zero-order chi connectivity index (χ0) is 24.1. The van der Waals surface area contributed by atoms with Crippen molar-refractivity contribution in [1.82, 2.24) is 15.1 Å². The molecule has 3 amide bonds. The molecule has 2 saturated heterocycles. The Morgan fingerprint density at radius 1 is 1.06 bits per heavy atom. The molecule has 0 atom stereocenters. The van der Waals surface area contributed by atoms with Crippen molar-refractivity contribution >= 4 is 35.0 Å². The summed E-state index contributed by atoms with van der Waals surface area (Å²) in [4.78, 5) is 44.7. The van der Waals surface area contributed by atoms with Crippen molar-refractivity contribution in [3.63, 3.8) is 0 Å². The van der Waals surface area contributed by atoms with Crippen LogP contribution in [0.25, 0.3) is 0 Å². The summed E-state index contributed by atoms with van der Waals surface area (Å²) in [7, 11) is 0. The summed E-state index contributed by atoms with van der Waals surface area (Å²) >= 11 is 6.07. The molecule has 2 aromatic rings.